The third kappa shape index (κ3) is 5.56. The van der Waals surface area contributed by atoms with Gasteiger partial charge in [0, 0.05) is 32.4 Å². The van der Waals surface area contributed by atoms with E-state index in [4.69, 9.17) is 10.5 Å². The fourth-order valence-corrected chi connectivity index (χ4v) is 3.29. The van der Waals surface area contributed by atoms with Crippen LogP contribution >= 0.6 is 0 Å². The highest BCUT2D eigenvalue weighted by atomic mass is 16.6. The van der Waals surface area contributed by atoms with Crippen LogP contribution in [0.1, 0.15) is 46.2 Å². The molecule has 1 aliphatic heterocycles. The minimum absolute atomic E-state index is 0.113. The maximum absolute atomic E-state index is 12.3. The second-order valence-corrected chi connectivity index (χ2v) is 7.91. The second kappa shape index (κ2) is 8.56. The molecule has 2 heterocycles. The van der Waals surface area contributed by atoms with Gasteiger partial charge < -0.3 is 15.4 Å². The summed E-state index contributed by atoms with van der Waals surface area (Å²) < 4.78 is 7.05. The van der Waals surface area contributed by atoms with Gasteiger partial charge in [0.2, 0.25) is 0 Å². The smallest absolute Gasteiger partial charge is 0.410 e. The van der Waals surface area contributed by atoms with Crippen LogP contribution in [0.25, 0.3) is 0 Å². The number of rotatable bonds is 5. The first-order valence-electron chi connectivity index (χ1n) is 9.28. The molecule has 150 valence electrons. The molecular weight excluding hydrogens is 346 g/mol. The molecule has 1 aliphatic rings. The Hall–Kier alpha value is -2.35. The summed E-state index contributed by atoms with van der Waals surface area (Å²) in [5.41, 5.74) is 4.72. The first kappa shape index (κ1) is 21.0. The predicted octanol–water partition coefficient (Wildman–Crippen LogP) is 2.23. The normalized spacial score (nSPS) is 17.3. The van der Waals surface area contributed by atoms with Gasteiger partial charge in [-0.15, -0.1) is 6.58 Å². The Morgan fingerprint density at radius 2 is 2.11 bits per heavy atom. The lowest BCUT2D eigenvalue weighted by Gasteiger charge is -2.40. The van der Waals surface area contributed by atoms with Crippen molar-refractivity contribution >= 4 is 11.9 Å². The number of nitrogen functional groups attached to an aromatic ring is 1. The number of likely N-dealkylation sites (tertiary alicyclic amines) is 1. The molecule has 27 heavy (non-hydrogen) atoms. The Labute approximate surface area is 160 Å². The van der Waals surface area contributed by atoms with E-state index in [-0.39, 0.29) is 29.8 Å². The topological polar surface area (TPSA) is 93.7 Å². The number of nitrogens with two attached hydrogens (primary N) is 1. The quantitative estimate of drug-likeness (QED) is 0.791. The van der Waals surface area contributed by atoms with E-state index in [0.717, 1.165) is 25.9 Å². The van der Waals surface area contributed by atoms with Crippen LogP contribution in [0.3, 0.4) is 0 Å². The Balaban J connectivity index is 2.04. The zero-order valence-electron chi connectivity index (χ0n) is 16.7. The van der Waals surface area contributed by atoms with Gasteiger partial charge in [-0.3, -0.25) is 9.47 Å². The van der Waals surface area contributed by atoms with Crippen molar-refractivity contribution in [1.82, 2.24) is 19.4 Å². The van der Waals surface area contributed by atoms with E-state index in [9.17, 15) is 9.59 Å². The average Bonchev–Trinajstić information content (AvgIpc) is 2.58. The van der Waals surface area contributed by atoms with Crippen LogP contribution in [0.2, 0.25) is 0 Å². The summed E-state index contributed by atoms with van der Waals surface area (Å²) in [6.07, 6.45) is 5.25. The van der Waals surface area contributed by atoms with Crippen molar-refractivity contribution in [3.8, 4) is 0 Å². The van der Waals surface area contributed by atoms with Gasteiger partial charge in [0.15, 0.2) is 0 Å². The van der Waals surface area contributed by atoms with Gasteiger partial charge in [-0.25, -0.2) is 9.59 Å². The third-order valence-corrected chi connectivity index (χ3v) is 4.70. The van der Waals surface area contributed by atoms with Crippen molar-refractivity contribution in [1.29, 1.82) is 0 Å². The highest BCUT2D eigenvalue weighted by Crippen LogP contribution is 2.24. The van der Waals surface area contributed by atoms with Crippen molar-refractivity contribution in [2.24, 2.45) is 0 Å². The number of nitrogens with zero attached hydrogens (tertiary/aromatic N) is 4. The molecule has 2 N–H and O–H groups in total. The van der Waals surface area contributed by atoms with E-state index in [1.54, 1.807) is 34.9 Å². The monoisotopic (exact) mass is 377 g/mol. The summed E-state index contributed by atoms with van der Waals surface area (Å²) in [5.74, 6) is 0.214. The van der Waals surface area contributed by atoms with E-state index in [0.29, 0.717) is 6.42 Å². The van der Waals surface area contributed by atoms with E-state index < -0.39 is 5.60 Å². The summed E-state index contributed by atoms with van der Waals surface area (Å²) in [6.45, 7) is 10.9. The number of hydrogen-bond acceptors (Lipinski definition) is 6. The summed E-state index contributed by atoms with van der Waals surface area (Å²) in [6, 6.07) is 1.74. The minimum Gasteiger partial charge on any atom is -0.444 e. The molecule has 0 aliphatic carbocycles. The standard InChI is InChI=1S/C19H31N5O3/c1-6-7-16(24-13-10-15(20)21-17(24)25)23-11-8-14(9-12-23)22(5)18(26)27-19(2,3)4/h6,10,13-14,16H,1,7-9,11-12H2,2-5H3,(H2,20,21,25). The molecule has 0 bridgehead atoms. The predicted molar refractivity (Wildman–Crippen MR) is 105 cm³/mol. The van der Waals surface area contributed by atoms with Gasteiger partial charge in [0.1, 0.15) is 11.4 Å². The van der Waals surface area contributed by atoms with Crippen molar-refractivity contribution in [3.63, 3.8) is 0 Å². The van der Waals surface area contributed by atoms with Gasteiger partial charge in [0.25, 0.3) is 0 Å². The highest BCUT2D eigenvalue weighted by Gasteiger charge is 2.31. The molecule has 0 radical (unpaired) electrons. The highest BCUT2D eigenvalue weighted by molar-refractivity contribution is 5.68. The molecule has 1 saturated heterocycles. The van der Waals surface area contributed by atoms with Crippen LogP contribution in [0.4, 0.5) is 10.6 Å². The zero-order valence-corrected chi connectivity index (χ0v) is 16.7. The van der Waals surface area contributed by atoms with Crippen molar-refractivity contribution in [2.75, 3.05) is 25.9 Å². The van der Waals surface area contributed by atoms with Gasteiger partial charge in [0.05, 0.1) is 6.17 Å². The van der Waals surface area contributed by atoms with Crippen LogP contribution in [0.15, 0.2) is 29.7 Å². The molecule has 0 saturated carbocycles. The maximum atomic E-state index is 12.3. The average molecular weight is 377 g/mol. The molecule has 1 aromatic rings. The number of amides is 1. The number of carbonyl (C=O) groups is 1. The summed E-state index contributed by atoms with van der Waals surface area (Å²) in [4.78, 5) is 32.3. The molecule has 1 aromatic heterocycles. The Morgan fingerprint density at radius 1 is 1.48 bits per heavy atom. The second-order valence-electron chi connectivity index (χ2n) is 7.91. The summed E-state index contributed by atoms with van der Waals surface area (Å²) in [7, 11) is 1.78. The van der Waals surface area contributed by atoms with Crippen LogP contribution in [-0.2, 0) is 4.74 Å². The number of aromatic nitrogens is 2. The van der Waals surface area contributed by atoms with Crippen LogP contribution < -0.4 is 11.4 Å². The van der Waals surface area contributed by atoms with E-state index >= 15 is 0 Å². The molecule has 1 fully saturated rings. The van der Waals surface area contributed by atoms with Gasteiger partial charge >= 0.3 is 11.8 Å². The summed E-state index contributed by atoms with van der Waals surface area (Å²) in [5, 5.41) is 0. The maximum Gasteiger partial charge on any atom is 0.410 e. The van der Waals surface area contributed by atoms with Crippen molar-refractivity contribution in [2.45, 2.75) is 57.8 Å². The van der Waals surface area contributed by atoms with Crippen LogP contribution in [-0.4, -0.2) is 57.2 Å². The lowest BCUT2D eigenvalue weighted by Crippen LogP contribution is -2.49. The third-order valence-electron chi connectivity index (χ3n) is 4.70. The SMILES string of the molecule is C=CCC(N1CCC(N(C)C(=O)OC(C)(C)C)CC1)n1ccc(N)nc1=O. The lowest BCUT2D eigenvalue weighted by atomic mass is 10.0. The number of anilines is 1. The molecule has 1 atom stereocenters. The Bertz CT molecular complexity index is 717. The van der Waals surface area contributed by atoms with Gasteiger partial charge in [-0.2, -0.15) is 4.98 Å². The Morgan fingerprint density at radius 3 is 2.63 bits per heavy atom. The van der Waals surface area contributed by atoms with E-state index in [2.05, 4.69) is 16.5 Å². The first-order valence-corrected chi connectivity index (χ1v) is 9.28. The van der Waals surface area contributed by atoms with Crippen molar-refractivity contribution in [3.05, 3.63) is 35.4 Å². The largest absolute Gasteiger partial charge is 0.444 e. The molecule has 8 heteroatoms. The number of piperidine rings is 1. The summed E-state index contributed by atoms with van der Waals surface area (Å²) >= 11 is 0. The fraction of sp³-hybridized carbons (Fsp3) is 0.632. The lowest BCUT2D eigenvalue weighted by molar-refractivity contribution is 0.00967. The first-order chi connectivity index (χ1) is 12.6. The van der Waals surface area contributed by atoms with Crippen molar-refractivity contribution < 1.29 is 9.53 Å². The Kier molecular flexibility index (Phi) is 6.64. The molecular formula is C19H31N5O3. The number of ether oxygens (including phenoxy) is 1. The number of carbonyl (C=O) groups excluding carboxylic acids is 1. The molecule has 0 aromatic carbocycles. The minimum atomic E-state index is -0.510. The molecule has 8 nitrogen and oxygen atoms in total. The van der Waals surface area contributed by atoms with Gasteiger partial charge in [-0.1, -0.05) is 6.08 Å². The fourth-order valence-electron chi connectivity index (χ4n) is 3.29. The van der Waals surface area contributed by atoms with Crippen LogP contribution in [0.5, 0.6) is 0 Å². The van der Waals surface area contributed by atoms with E-state index in [1.165, 1.54) is 0 Å². The molecule has 2 rings (SSSR count). The van der Waals surface area contributed by atoms with Crippen LogP contribution in [0, 0.1) is 0 Å². The molecule has 1 unspecified atom stereocenters. The zero-order chi connectivity index (χ0) is 20.2. The van der Waals surface area contributed by atoms with Gasteiger partial charge in [-0.05, 0) is 46.1 Å². The molecule has 0 spiro atoms. The van der Waals surface area contributed by atoms with E-state index in [1.807, 2.05) is 20.8 Å². The number of hydrogen-bond donors (Lipinski definition) is 1. The molecule has 1 amide bonds.